The van der Waals surface area contributed by atoms with Crippen LogP contribution in [0, 0.1) is 6.92 Å². The van der Waals surface area contributed by atoms with Crippen molar-refractivity contribution < 1.29 is 9.53 Å². The lowest BCUT2D eigenvalue weighted by molar-refractivity contribution is -0.115. The number of hydrogen-bond donors (Lipinski definition) is 1. The van der Waals surface area contributed by atoms with Crippen molar-refractivity contribution in [3.63, 3.8) is 0 Å². The van der Waals surface area contributed by atoms with E-state index < -0.39 is 0 Å². The van der Waals surface area contributed by atoms with Gasteiger partial charge in [-0.2, -0.15) is 0 Å². The number of nitrogens with zero attached hydrogens (tertiary/aromatic N) is 1. The fourth-order valence-corrected chi connectivity index (χ4v) is 3.85. The SMILES string of the molecule is CCOc1ccc(/C=C2/SC(=Nc3cccc(Cl)c3C)NC2=O)cc1Br. The molecule has 1 heterocycles. The average molecular weight is 452 g/mol. The lowest BCUT2D eigenvalue weighted by Gasteiger charge is -2.06. The average Bonchev–Trinajstić information content (AvgIpc) is 2.94. The van der Waals surface area contributed by atoms with E-state index in [1.165, 1.54) is 11.8 Å². The van der Waals surface area contributed by atoms with Crippen LogP contribution in [-0.4, -0.2) is 17.7 Å². The molecule has 0 aliphatic carbocycles. The molecule has 0 radical (unpaired) electrons. The number of hydrogen-bond acceptors (Lipinski definition) is 4. The van der Waals surface area contributed by atoms with Crippen molar-refractivity contribution in [2.75, 3.05) is 6.61 Å². The first-order valence-electron chi connectivity index (χ1n) is 7.95. The van der Waals surface area contributed by atoms with Gasteiger partial charge >= 0.3 is 0 Å². The van der Waals surface area contributed by atoms with Crippen molar-refractivity contribution in [1.29, 1.82) is 0 Å². The molecule has 0 aromatic heterocycles. The molecule has 1 aliphatic rings. The van der Waals surface area contributed by atoms with Crippen LogP contribution in [0.4, 0.5) is 5.69 Å². The quantitative estimate of drug-likeness (QED) is 0.607. The number of benzene rings is 2. The van der Waals surface area contributed by atoms with Gasteiger partial charge in [-0.15, -0.1) is 0 Å². The van der Waals surface area contributed by atoms with E-state index in [0.717, 1.165) is 27.0 Å². The van der Waals surface area contributed by atoms with Crippen molar-refractivity contribution in [2.24, 2.45) is 4.99 Å². The number of halogens is 2. The summed E-state index contributed by atoms with van der Waals surface area (Å²) in [6.45, 7) is 4.43. The topological polar surface area (TPSA) is 50.7 Å². The lowest BCUT2D eigenvalue weighted by atomic mass is 10.2. The molecule has 2 aromatic rings. The van der Waals surface area contributed by atoms with Crippen LogP contribution in [0.3, 0.4) is 0 Å². The summed E-state index contributed by atoms with van der Waals surface area (Å²) in [5.41, 5.74) is 2.52. The van der Waals surface area contributed by atoms with E-state index in [0.29, 0.717) is 21.7 Å². The summed E-state index contributed by atoms with van der Waals surface area (Å²) in [5.74, 6) is 0.607. The molecule has 4 nitrogen and oxygen atoms in total. The monoisotopic (exact) mass is 450 g/mol. The Morgan fingerprint density at radius 3 is 2.88 bits per heavy atom. The summed E-state index contributed by atoms with van der Waals surface area (Å²) < 4.78 is 6.35. The molecule has 7 heteroatoms. The Morgan fingerprint density at radius 2 is 2.15 bits per heavy atom. The highest BCUT2D eigenvalue weighted by atomic mass is 79.9. The minimum atomic E-state index is -0.168. The second kappa shape index (κ2) is 8.29. The van der Waals surface area contributed by atoms with E-state index >= 15 is 0 Å². The van der Waals surface area contributed by atoms with Crippen LogP contribution < -0.4 is 10.1 Å². The van der Waals surface area contributed by atoms with Crippen LogP contribution in [0.25, 0.3) is 6.08 Å². The molecule has 1 aliphatic heterocycles. The van der Waals surface area contributed by atoms with Gasteiger partial charge in [0.2, 0.25) is 0 Å². The van der Waals surface area contributed by atoms with Gasteiger partial charge < -0.3 is 10.1 Å². The molecule has 0 spiro atoms. The fourth-order valence-electron chi connectivity index (χ4n) is 2.34. The summed E-state index contributed by atoms with van der Waals surface area (Å²) in [4.78, 5) is 17.3. The van der Waals surface area contributed by atoms with Crippen LogP contribution in [0.1, 0.15) is 18.1 Å². The molecule has 26 heavy (non-hydrogen) atoms. The van der Waals surface area contributed by atoms with Gasteiger partial charge in [0, 0.05) is 5.02 Å². The van der Waals surface area contributed by atoms with Gasteiger partial charge in [0.15, 0.2) is 5.17 Å². The fraction of sp³-hybridized carbons (Fsp3) is 0.158. The second-order valence-corrected chi connectivity index (χ2v) is 7.78. The van der Waals surface area contributed by atoms with E-state index in [9.17, 15) is 4.79 Å². The molecular weight excluding hydrogens is 436 g/mol. The summed E-state index contributed by atoms with van der Waals surface area (Å²) >= 11 is 10.9. The Morgan fingerprint density at radius 1 is 1.35 bits per heavy atom. The van der Waals surface area contributed by atoms with Gasteiger partial charge in [-0.05, 0) is 83.0 Å². The Kier molecular flexibility index (Phi) is 6.06. The molecule has 0 atom stereocenters. The van der Waals surface area contributed by atoms with Gasteiger partial charge in [-0.25, -0.2) is 4.99 Å². The zero-order valence-corrected chi connectivity index (χ0v) is 17.3. The third-order valence-corrected chi connectivity index (χ3v) is 5.60. The van der Waals surface area contributed by atoms with Gasteiger partial charge in [-0.1, -0.05) is 23.7 Å². The first-order chi connectivity index (χ1) is 12.5. The number of aliphatic imine (C=N–C) groups is 1. The lowest BCUT2D eigenvalue weighted by Crippen LogP contribution is -2.19. The minimum absolute atomic E-state index is 0.168. The molecule has 1 N–H and O–H groups in total. The van der Waals surface area contributed by atoms with Gasteiger partial charge in [-0.3, -0.25) is 4.79 Å². The van der Waals surface area contributed by atoms with Crippen molar-refractivity contribution in [1.82, 2.24) is 5.32 Å². The first-order valence-corrected chi connectivity index (χ1v) is 9.93. The van der Waals surface area contributed by atoms with Gasteiger partial charge in [0.1, 0.15) is 5.75 Å². The molecule has 1 saturated heterocycles. The third-order valence-electron chi connectivity index (χ3n) is 3.67. The van der Waals surface area contributed by atoms with Crippen molar-refractivity contribution in [3.8, 4) is 5.75 Å². The number of rotatable bonds is 4. The number of amidine groups is 1. The Labute approximate surface area is 169 Å². The molecule has 1 fully saturated rings. The number of nitrogens with one attached hydrogen (secondary N) is 1. The van der Waals surface area contributed by atoms with Crippen LogP contribution >= 0.6 is 39.3 Å². The van der Waals surface area contributed by atoms with Gasteiger partial charge in [0.05, 0.1) is 21.7 Å². The smallest absolute Gasteiger partial charge is 0.264 e. The molecule has 2 aromatic carbocycles. The van der Waals surface area contributed by atoms with E-state index in [2.05, 4.69) is 26.2 Å². The molecule has 0 bridgehead atoms. The highest BCUT2D eigenvalue weighted by Crippen LogP contribution is 2.32. The van der Waals surface area contributed by atoms with Crippen molar-refractivity contribution in [3.05, 3.63) is 61.9 Å². The highest BCUT2D eigenvalue weighted by Gasteiger charge is 2.24. The Hall–Kier alpha value is -1.76. The van der Waals surface area contributed by atoms with Crippen molar-refractivity contribution in [2.45, 2.75) is 13.8 Å². The first kappa shape index (κ1) is 19.0. The molecule has 1 amide bonds. The summed E-state index contributed by atoms with van der Waals surface area (Å²) in [6.07, 6.45) is 1.83. The summed E-state index contributed by atoms with van der Waals surface area (Å²) in [7, 11) is 0. The summed E-state index contributed by atoms with van der Waals surface area (Å²) in [6, 6.07) is 11.2. The van der Waals surface area contributed by atoms with Crippen LogP contribution in [0.2, 0.25) is 5.02 Å². The molecule has 0 saturated carbocycles. The number of amides is 1. The predicted molar refractivity (Wildman–Crippen MR) is 112 cm³/mol. The van der Waals surface area contributed by atoms with Gasteiger partial charge in [0.25, 0.3) is 5.91 Å². The van der Waals surface area contributed by atoms with Crippen LogP contribution in [0.5, 0.6) is 5.75 Å². The number of thioether (sulfide) groups is 1. The van der Waals surface area contributed by atoms with Crippen LogP contribution in [0.15, 0.2) is 50.8 Å². The zero-order chi connectivity index (χ0) is 18.7. The second-order valence-electron chi connectivity index (χ2n) is 5.49. The Bertz CT molecular complexity index is 928. The van der Waals surface area contributed by atoms with E-state index in [4.69, 9.17) is 16.3 Å². The van der Waals surface area contributed by atoms with E-state index in [-0.39, 0.29) is 5.91 Å². The summed E-state index contributed by atoms with van der Waals surface area (Å²) in [5, 5.41) is 3.98. The van der Waals surface area contributed by atoms with E-state index in [1.54, 1.807) is 0 Å². The zero-order valence-electron chi connectivity index (χ0n) is 14.2. The third kappa shape index (κ3) is 4.31. The number of ether oxygens (including phenoxy) is 1. The maximum atomic E-state index is 12.2. The molecule has 3 rings (SSSR count). The molecule has 0 unspecified atom stereocenters. The normalized spacial score (nSPS) is 17.0. The molecular formula is C19H16BrClN2O2S. The maximum Gasteiger partial charge on any atom is 0.264 e. The maximum absolute atomic E-state index is 12.2. The minimum Gasteiger partial charge on any atom is -0.493 e. The predicted octanol–water partition coefficient (Wildman–Crippen LogP) is 5.70. The van der Waals surface area contributed by atoms with E-state index in [1.807, 2.05) is 56.3 Å². The van der Waals surface area contributed by atoms with Crippen LogP contribution in [-0.2, 0) is 4.79 Å². The standard InChI is InChI=1S/C19H16BrClN2O2S/c1-3-25-16-8-7-12(9-13(16)20)10-17-18(24)23-19(26-17)22-15-6-4-5-14(21)11(15)2/h4-10H,3H2,1-2H3,(H,22,23,24)/b17-10+. The highest BCUT2D eigenvalue weighted by molar-refractivity contribution is 9.10. The Balaban J connectivity index is 1.83. The number of carbonyl (C=O) groups is 1. The van der Waals surface area contributed by atoms with Crippen molar-refractivity contribution >= 4 is 62.1 Å². The number of carbonyl (C=O) groups excluding carboxylic acids is 1. The molecule has 134 valence electrons. The largest absolute Gasteiger partial charge is 0.493 e.